The summed E-state index contributed by atoms with van der Waals surface area (Å²) >= 11 is 0. The molecule has 7 nitrogen and oxygen atoms in total. The third-order valence-corrected chi connectivity index (χ3v) is 6.32. The molecule has 1 amide bonds. The number of fused-ring (bicyclic) bond motifs is 1. The highest BCUT2D eigenvalue weighted by Crippen LogP contribution is 2.36. The van der Waals surface area contributed by atoms with E-state index in [4.69, 9.17) is 23.7 Å². The van der Waals surface area contributed by atoms with Crippen LogP contribution in [0.3, 0.4) is 0 Å². The quantitative estimate of drug-likeness (QED) is 0.513. The molecule has 0 spiro atoms. The second-order valence-corrected chi connectivity index (χ2v) is 9.00. The van der Waals surface area contributed by atoms with Gasteiger partial charge >= 0.3 is 0 Å². The number of carbonyl (C=O) groups is 1. The predicted octanol–water partition coefficient (Wildman–Crippen LogP) is 4.13. The van der Waals surface area contributed by atoms with Gasteiger partial charge in [-0.15, -0.1) is 0 Å². The Morgan fingerprint density at radius 3 is 2.03 bits per heavy atom. The van der Waals surface area contributed by atoms with Gasteiger partial charge in [0, 0.05) is 12.5 Å². The van der Waals surface area contributed by atoms with Crippen LogP contribution in [0.2, 0.25) is 0 Å². The number of ether oxygens (including phenoxy) is 5. The summed E-state index contributed by atoms with van der Waals surface area (Å²) in [6.07, 6.45) is -2.71. The summed E-state index contributed by atoms with van der Waals surface area (Å²) in [4.78, 5) is 12.3. The zero-order chi connectivity index (χ0) is 24.7. The molecule has 36 heavy (non-hydrogen) atoms. The molecule has 0 unspecified atom stereocenters. The highest BCUT2D eigenvalue weighted by molar-refractivity contribution is 5.73. The Labute approximate surface area is 211 Å². The molecule has 3 aromatic rings. The summed E-state index contributed by atoms with van der Waals surface area (Å²) < 4.78 is 31.4. The normalized spacial score (nSPS) is 27.7. The molecular formula is C29H31NO6. The fraction of sp³-hybridized carbons (Fsp3) is 0.345. The molecule has 5 rings (SSSR count). The number of hydrogen-bond donors (Lipinski definition) is 1. The molecule has 2 saturated heterocycles. The first-order valence-electron chi connectivity index (χ1n) is 12.2. The van der Waals surface area contributed by atoms with Crippen LogP contribution < -0.4 is 5.32 Å². The van der Waals surface area contributed by atoms with Crippen molar-refractivity contribution < 1.29 is 28.5 Å². The lowest BCUT2D eigenvalue weighted by molar-refractivity contribution is -0.350. The number of hydrogen-bond acceptors (Lipinski definition) is 6. The molecule has 0 saturated carbocycles. The molecule has 0 aromatic heterocycles. The average molecular weight is 490 g/mol. The van der Waals surface area contributed by atoms with E-state index in [1.54, 1.807) is 0 Å². The molecule has 1 N–H and O–H groups in total. The summed E-state index contributed by atoms with van der Waals surface area (Å²) in [6, 6.07) is 29.0. The van der Waals surface area contributed by atoms with E-state index in [1.165, 1.54) is 6.92 Å². The van der Waals surface area contributed by atoms with Crippen LogP contribution >= 0.6 is 0 Å². The number of carbonyl (C=O) groups excluding carboxylic acids is 1. The van der Waals surface area contributed by atoms with Gasteiger partial charge in [0.1, 0.15) is 24.4 Å². The van der Waals surface area contributed by atoms with E-state index < -0.39 is 36.9 Å². The Hall–Kier alpha value is -3.07. The van der Waals surface area contributed by atoms with Gasteiger partial charge < -0.3 is 29.0 Å². The van der Waals surface area contributed by atoms with Gasteiger partial charge in [-0.2, -0.15) is 0 Å². The van der Waals surface area contributed by atoms with Gasteiger partial charge in [0.05, 0.1) is 19.8 Å². The Balaban J connectivity index is 1.40. The third kappa shape index (κ3) is 6.00. The van der Waals surface area contributed by atoms with Gasteiger partial charge in [-0.25, -0.2) is 0 Å². The molecule has 188 valence electrons. The summed E-state index contributed by atoms with van der Waals surface area (Å²) in [6.45, 7) is 2.48. The second kappa shape index (κ2) is 11.8. The van der Waals surface area contributed by atoms with Crippen molar-refractivity contribution in [2.75, 3.05) is 6.61 Å². The minimum atomic E-state index is -0.739. The smallest absolute Gasteiger partial charge is 0.217 e. The second-order valence-electron chi connectivity index (χ2n) is 9.00. The highest BCUT2D eigenvalue weighted by atomic mass is 16.7. The molecule has 2 fully saturated rings. The van der Waals surface area contributed by atoms with Crippen LogP contribution in [0.1, 0.15) is 29.9 Å². The van der Waals surface area contributed by atoms with Crippen LogP contribution in [-0.2, 0) is 41.7 Å². The SMILES string of the molecule is CC(=O)N[C@@H]1[C@@H](OCc2ccccc2)O[C@@H]2CO[C@@H](c3ccccc3)O[C@H]2[C@@H]1OCc1ccccc1. The van der Waals surface area contributed by atoms with E-state index in [-0.39, 0.29) is 5.91 Å². The number of benzene rings is 3. The molecule has 7 heteroatoms. The van der Waals surface area contributed by atoms with Gasteiger partial charge in [0.2, 0.25) is 5.91 Å². The Kier molecular flexibility index (Phi) is 8.05. The van der Waals surface area contributed by atoms with Crippen molar-refractivity contribution in [3.05, 3.63) is 108 Å². The molecule has 6 atom stereocenters. The molecule has 0 aliphatic carbocycles. The predicted molar refractivity (Wildman–Crippen MR) is 133 cm³/mol. The summed E-state index contributed by atoms with van der Waals surface area (Å²) in [5, 5.41) is 3.01. The third-order valence-electron chi connectivity index (χ3n) is 6.32. The van der Waals surface area contributed by atoms with E-state index in [9.17, 15) is 4.79 Å². The Morgan fingerprint density at radius 1 is 0.833 bits per heavy atom. The van der Waals surface area contributed by atoms with E-state index in [2.05, 4.69) is 5.32 Å². The first kappa shape index (κ1) is 24.6. The van der Waals surface area contributed by atoms with Gasteiger partial charge in [0.25, 0.3) is 0 Å². The first-order valence-corrected chi connectivity index (χ1v) is 12.2. The van der Waals surface area contributed by atoms with Crippen LogP contribution in [-0.4, -0.2) is 43.2 Å². The fourth-order valence-electron chi connectivity index (χ4n) is 4.60. The molecule has 0 radical (unpaired) electrons. The maximum absolute atomic E-state index is 12.3. The molecule has 2 heterocycles. The molecule has 2 aliphatic rings. The topological polar surface area (TPSA) is 75.3 Å². The van der Waals surface area contributed by atoms with Crippen molar-refractivity contribution in [2.24, 2.45) is 0 Å². The van der Waals surface area contributed by atoms with Crippen molar-refractivity contribution in [1.29, 1.82) is 0 Å². The van der Waals surface area contributed by atoms with Crippen molar-refractivity contribution in [3.63, 3.8) is 0 Å². The minimum Gasteiger partial charge on any atom is -0.368 e. The lowest BCUT2D eigenvalue weighted by atomic mass is 9.95. The molecule has 3 aromatic carbocycles. The van der Waals surface area contributed by atoms with Crippen LogP contribution in [0.15, 0.2) is 91.0 Å². The maximum atomic E-state index is 12.3. The van der Waals surface area contributed by atoms with E-state index in [0.29, 0.717) is 19.8 Å². The zero-order valence-electron chi connectivity index (χ0n) is 20.2. The lowest BCUT2D eigenvalue weighted by Gasteiger charge is -2.49. The van der Waals surface area contributed by atoms with Gasteiger partial charge in [0.15, 0.2) is 12.6 Å². The van der Waals surface area contributed by atoms with E-state index >= 15 is 0 Å². The molecular weight excluding hydrogens is 458 g/mol. The van der Waals surface area contributed by atoms with Crippen LogP contribution in [0.4, 0.5) is 0 Å². The van der Waals surface area contributed by atoms with E-state index in [1.807, 2.05) is 91.0 Å². The summed E-state index contributed by atoms with van der Waals surface area (Å²) in [5.41, 5.74) is 2.94. The minimum absolute atomic E-state index is 0.199. The highest BCUT2D eigenvalue weighted by Gasteiger charge is 2.51. The molecule has 2 aliphatic heterocycles. The number of nitrogens with one attached hydrogen (secondary N) is 1. The monoisotopic (exact) mass is 489 g/mol. The van der Waals surface area contributed by atoms with Gasteiger partial charge in [-0.05, 0) is 11.1 Å². The van der Waals surface area contributed by atoms with Gasteiger partial charge in [-0.3, -0.25) is 4.79 Å². The Morgan fingerprint density at radius 2 is 1.42 bits per heavy atom. The van der Waals surface area contributed by atoms with Crippen molar-refractivity contribution in [3.8, 4) is 0 Å². The lowest BCUT2D eigenvalue weighted by Crippen LogP contribution is -2.67. The van der Waals surface area contributed by atoms with Crippen molar-refractivity contribution in [1.82, 2.24) is 5.32 Å². The van der Waals surface area contributed by atoms with Crippen LogP contribution in [0, 0.1) is 0 Å². The van der Waals surface area contributed by atoms with Gasteiger partial charge in [-0.1, -0.05) is 91.0 Å². The first-order chi connectivity index (χ1) is 17.7. The van der Waals surface area contributed by atoms with Crippen molar-refractivity contribution >= 4 is 5.91 Å². The molecule has 0 bridgehead atoms. The standard InChI is InChI=1S/C29H31NO6/c1-20(31)30-25-27(32-17-21-11-5-2-6-12-21)26-24(19-34-28(36-26)23-15-9-4-10-16-23)35-29(25)33-18-22-13-7-3-8-14-22/h2-16,24-29H,17-19H2,1H3,(H,30,31)/t24-,25+,26-,27-,28-,29+/m1/s1. The Bertz CT molecular complexity index is 1100. The van der Waals surface area contributed by atoms with E-state index in [0.717, 1.165) is 16.7 Å². The fourth-order valence-corrected chi connectivity index (χ4v) is 4.60. The number of rotatable bonds is 8. The van der Waals surface area contributed by atoms with Crippen molar-refractivity contribution in [2.45, 2.75) is 57.1 Å². The summed E-state index contributed by atoms with van der Waals surface area (Å²) in [7, 11) is 0. The van der Waals surface area contributed by atoms with Crippen LogP contribution in [0.5, 0.6) is 0 Å². The maximum Gasteiger partial charge on any atom is 0.217 e. The summed E-state index contributed by atoms with van der Waals surface area (Å²) in [5.74, 6) is -0.199. The zero-order valence-corrected chi connectivity index (χ0v) is 20.2. The van der Waals surface area contributed by atoms with Crippen LogP contribution in [0.25, 0.3) is 0 Å². The number of amides is 1. The largest absolute Gasteiger partial charge is 0.368 e. The average Bonchev–Trinajstić information content (AvgIpc) is 2.92.